The van der Waals surface area contributed by atoms with E-state index in [0.29, 0.717) is 12.0 Å². The monoisotopic (exact) mass is 229 g/mol. The van der Waals surface area contributed by atoms with Crippen LogP contribution in [0.4, 0.5) is 0 Å². The first kappa shape index (κ1) is 13.5. The minimum atomic E-state index is -0.875. The first-order chi connectivity index (χ1) is 7.24. The Labute approximate surface area is 97.0 Å². The Hall–Kier alpha value is -0.610. The van der Waals surface area contributed by atoms with Gasteiger partial charge >= 0.3 is 5.97 Å². The molecule has 1 aliphatic rings. The van der Waals surface area contributed by atoms with Crippen LogP contribution in [0.1, 0.15) is 46.5 Å². The Balaban J connectivity index is 2.40. The third-order valence-corrected chi connectivity index (χ3v) is 3.64. The molecule has 1 unspecified atom stereocenters. The molecule has 1 saturated carbocycles. The second-order valence-electron chi connectivity index (χ2n) is 5.83. The Kier molecular flexibility index (Phi) is 3.97. The predicted molar refractivity (Wildman–Crippen MR) is 62.3 cm³/mol. The van der Waals surface area contributed by atoms with E-state index >= 15 is 0 Å². The van der Waals surface area contributed by atoms with Crippen molar-refractivity contribution in [1.29, 1.82) is 0 Å². The van der Waals surface area contributed by atoms with Gasteiger partial charge in [0.1, 0.15) is 6.04 Å². The first-order valence-corrected chi connectivity index (χ1v) is 5.93. The van der Waals surface area contributed by atoms with Crippen molar-refractivity contribution in [3.05, 3.63) is 0 Å². The summed E-state index contributed by atoms with van der Waals surface area (Å²) < 4.78 is 0. The summed E-state index contributed by atoms with van der Waals surface area (Å²) in [4.78, 5) is 10.6. The van der Waals surface area contributed by atoms with Gasteiger partial charge in [-0.3, -0.25) is 4.79 Å². The molecule has 0 aromatic heterocycles. The zero-order valence-corrected chi connectivity index (χ0v) is 10.4. The van der Waals surface area contributed by atoms with Crippen LogP contribution in [0.3, 0.4) is 0 Å². The van der Waals surface area contributed by atoms with E-state index in [1.54, 1.807) is 6.92 Å². The molecule has 0 spiro atoms. The van der Waals surface area contributed by atoms with Gasteiger partial charge in [0.2, 0.25) is 0 Å². The summed E-state index contributed by atoms with van der Waals surface area (Å²) in [5, 5.41) is 21.9. The molecule has 0 aliphatic heterocycles. The Bertz CT molecular complexity index is 253. The molecule has 0 aromatic carbocycles. The summed E-state index contributed by atoms with van der Waals surface area (Å²) in [5.74, 6) is -0.875. The van der Waals surface area contributed by atoms with Gasteiger partial charge in [-0.2, -0.15) is 0 Å². The topological polar surface area (TPSA) is 69.6 Å². The maximum Gasteiger partial charge on any atom is 0.320 e. The number of rotatable bonds is 4. The Morgan fingerprint density at radius 1 is 1.31 bits per heavy atom. The highest BCUT2D eigenvalue weighted by Crippen LogP contribution is 2.39. The van der Waals surface area contributed by atoms with Gasteiger partial charge in [-0.05, 0) is 38.0 Å². The molecule has 1 atom stereocenters. The molecule has 1 fully saturated rings. The standard InChI is InChI=1S/C12H23NO3/c1-9(10(14)15)13-8-12(16)6-4-11(2,3)5-7-12/h9,13,16H,4-8H2,1-3H3,(H,14,15). The first-order valence-electron chi connectivity index (χ1n) is 5.93. The van der Waals surface area contributed by atoms with E-state index in [1.165, 1.54) is 0 Å². The van der Waals surface area contributed by atoms with Crippen molar-refractivity contribution >= 4 is 5.97 Å². The second kappa shape index (κ2) is 4.72. The molecule has 0 bridgehead atoms. The van der Waals surface area contributed by atoms with Gasteiger partial charge in [0.05, 0.1) is 5.60 Å². The lowest BCUT2D eigenvalue weighted by molar-refractivity contribution is -0.139. The van der Waals surface area contributed by atoms with Gasteiger partial charge < -0.3 is 15.5 Å². The molecule has 4 nitrogen and oxygen atoms in total. The molecule has 0 heterocycles. The summed E-state index contributed by atoms with van der Waals surface area (Å²) in [6, 6.07) is -0.598. The molecule has 94 valence electrons. The zero-order chi connectivity index (χ0) is 12.4. The number of carbonyl (C=O) groups is 1. The van der Waals surface area contributed by atoms with E-state index in [2.05, 4.69) is 19.2 Å². The molecular formula is C12H23NO3. The summed E-state index contributed by atoms with van der Waals surface area (Å²) in [5.41, 5.74) is -0.413. The molecule has 0 aromatic rings. The fraction of sp³-hybridized carbons (Fsp3) is 0.917. The third kappa shape index (κ3) is 3.76. The van der Waals surface area contributed by atoms with Crippen LogP contribution in [-0.4, -0.2) is 34.4 Å². The molecule has 4 heteroatoms. The van der Waals surface area contributed by atoms with Crippen LogP contribution in [0.5, 0.6) is 0 Å². The van der Waals surface area contributed by atoms with Gasteiger partial charge in [0.15, 0.2) is 0 Å². The number of nitrogens with one attached hydrogen (secondary N) is 1. The molecule has 0 amide bonds. The smallest absolute Gasteiger partial charge is 0.320 e. The van der Waals surface area contributed by atoms with E-state index in [4.69, 9.17) is 5.11 Å². The lowest BCUT2D eigenvalue weighted by Gasteiger charge is -2.40. The van der Waals surface area contributed by atoms with Crippen LogP contribution in [0.15, 0.2) is 0 Å². The molecular weight excluding hydrogens is 206 g/mol. The quantitative estimate of drug-likeness (QED) is 0.681. The van der Waals surface area contributed by atoms with E-state index in [-0.39, 0.29) is 0 Å². The highest BCUT2D eigenvalue weighted by atomic mass is 16.4. The van der Waals surface area contributed by atoms with Crippen LogP contribution in [0.2, 0.25) is 0 Å². The van der Waals surface area contributed by atoms with Crippen LogP contribution in [0.25, 0.3) is 0 Å². The average Bonchev–Trinajstić information content (AvgIpc) is 2.20. The van der Waals surface area contributed by atoms with Gasteiger partial charge in [0, 0.05) is 6.54 Å². The van der Waals surface area contributed by atoms with Gasteiger partial charge in [-0.1, -0.05) is 13.8 Å². The maximum absolute atomic E-state index is 10.6. The van der Waals surface area contributed by atoms with Crippen molar-refractivity contribution in [2.75, 3.05) is 6.54 Å². The van der Waals surface area contributed by atoms with Crippen molar-refractivity contribution < 1.29 is 15.0 Å². The molecule has 3 N–H and O–H groups in total. The molecule has 1 rings (SSSR count). The number of carboxylic acids is 1. The minimum absolute atomic E-state index is 0.310. The SMILES string of the molecule is CC(NCC1(O)CCC(C)(C)CC1)C(=O)O. The van der Waals surface area contributed by atoms with Crippen LogP contribution < -0.4 is 5.32 Å². The summed E-state index contributed by atoms with van der Waals surface area (Å²) in [6.07, 6.45) is 3.48. The van der Waals surface area contributed by atoms with Crippen molar-refractivity contribution in [1.82, 2.24) is 5.32 Å². The van der Waals surface area contributed by atoms with E-state index < -0.39 is 17.6 Å². The van der Waals surface area contributed by atoms with Gasteiger partial charge in [-0.25, -0.2) is 0 Å². The second-order valence-corrected chi connectivity index (χ2v) is 5.83. The zero-order valence-electron chi connectivity index (χ0n) is 10.4. The van der Waals surface area contributed by atoms with Crippen molar-refractivity contribution in [2.45, 2.75) is 58.1 Å². The number of hydrogen-bond donors (Lipinski definition) is 3. The van der Waals surface area contributed by atoms with E-state index in [9.17, 15) is 9.90 Å². The Morgan fingerprint density at radius 3 is 2.25 bits per heavy atom. The lowest BCUT2D eigenvalue weighted by Crippen LogP contribution is -2.48. The van der Waals surface area contributed by atoms with Crippen LogP contribution in [-0.2, 0) is 4.79 Å². The number of aliphatic hydroxyl groups is 1. The lowest BCUT2D eigenvalue weighted by atomic mass is 9.71. The van der Waals surface area contributed by atoms with Gasteiger partial charge in [0.25, 0.3) is 0 Å². The summed E-state index contributed by atoms with van der Waals surface area (Å²) in [6.45, 7) is 6.38. The normalized spacial score (nSPS) is 25.0. The number of hydrogen-bond acceptors (Lipinski definition) is 3. The van der Waals surface area contributed by atoms with E-state index in [0.717, 1.165) is 25.7 Å². The summed E-state index contributed by atoms with van der Waals surface area (Å²) >= 11 is 0. The average molecular weight is 229 g/mol. The van der Waals surface area contributed by atoms with Crippen molar-refractivity contribution in [3.63, 3.8) is 0 Å². The number of aliphatic carboxylic acids is 1. The van der Waals surface area contributed by atoms with Crippen LogP contribution >= 0.6 is 0 Å². The number of carboxylic acid groups (broad SMARTS) is 1. The van der Waals surface area contributed by atoms with Gasteiger partial charge in [-0.15, -0.1) is 0 Å². The molecule has 16 heavy (non-hydrogen) atoms. The molecule has 0 radical (unpaired) electrons. The van der Waals surface area contributed by atoms with Crippen molar-refractivity contribution in [2.24, 2.45) is 5.41 Å². The Morgan fingerprint density at radius 2 is 1.81 bits per heavy atom. The molecule has 0 saturated heterocycles. The fourth-order valence-electron chi connectivity index (χ4n) is 2.00. The highest BCUT2D eigenvalue weighted by Gasteiger charge is 2.36. The van der Waals surface area contributed by atoms with E-state index in [1.807, 2.05) is 0 Å². The third-order valence-electron chi connectivity index (χ3n) is 3.64. The highest BCUT2D eigenvalue weighted by molar-refractivity contribution is 5.72. The maximum atomic E-state index is 10.6. The largest absolute Gasteiger partial charge is 0.480 e. The fourth-order valence-corrected chi connectivity index (χ4v) is 2.00. The molecule has 1 aliphatic carbocycles. The minimum Gasteiger partial charge on any atom is -0.480 e. The van der Waals surface area contributed by atoms with Crippen molar-refractivity contribution in [3.8, 4) is 0 Å². The summed E-state index contributed by atoms with van der Waals surface area (Å²) in [7, 11) is 0. The predicted octanol–water partition coefficient (Wildman–Crippen LogP) is 1.38. The van der Waals surface area contributed by atoms with Crippen LogP contribution in [0, 0.1) is 5.41 Å².